The van der Waals surface area contributed by atoms with E-state index in [0.717, 1.165) is 6.21 Å². The van der Waals surface area contributed by atoms with Gasteiger partial charge in [0, 0.05) is 10.0 Å². The molecule has 0 fully saturated rings. The third-order valence-corrected chi connectivity index (χ3v) is 4.35. The summed E-state index contributed by atoms with van der Waals surface area (Å²) in [5, 5.41) is 9.87. The second-order valence-corrected chi connectivity index (χ2v) is 6.83. The number of oxime groups is 1. The van der Waals surface area contributed by atoms with Gasteiger partial charge in [0.05, 0.1) is 27.6 Å². The van der Waals surface area contributed by atoms with Crippen molar-refractivity contribution in [2.24, 2.45) is 11.1 Å². The molecule has 0 atom stereocenters. The lowest BCUT2D eigenvalue weighted by Gasteiger charge is -2.14. The minimum absolute atomic E-state index is 0.222. The molecule has 0 unspecified atom stereocenters. The van der Waals surface area contributed by atoms with Crippen molar-refractivity contribution in [3.05, 3.63) is 56.5 Å². The van der Waals surface area contributed by atoms with Crippen LogP contribution in [-0.2, 0) is 14.4 Å². The minimum Gasteiger partial charge on any atom is -0.399 e. The normalized spacial score (nSPS) is 10.9. The fraction of sp³-hybridized carbons (Fsp3) is 0.118. The molecule has 6 nitrogen and oxygen atoms in total. The maximum absolute atomic E-state index is 12.6. The van der Waals surface area contributed by atoms with E-state index in [0.29, 0.717) is 21.4 Å². The Morgan fingerprint density at radius 1 is 0.926 bits per heavy atom. The smallest absolute Gasteiger partial charge is 0.242 e. The third-order valence-electron chi connectivity index (χ3n) is 3.26. The molecule has 0 saturated carbocycles. The Hall–Kier alpha value is -1.99. The molecular weight excluding hydrogens is 436 g/mol. The number of rotatable bonds is 6. The maximum atomic E-state index is 12.6. The lowest BCUT2D eigenvalue weighted by atomic mass is 10.1. The van der Waals surface area contributed by atoms with Gasteiger partial charge in [-0.2, -0.15) is 0 Å². The summed E-state index contributed by atoms with van der Waals surface area (Å²) in [5.41, 5.74) is 0.582. The van der Waals surface area contributed by atoms with Crippen molar-refractivity contribution < 1.29 is 14.4 Å². The van der Waals surface area contributed by atoms with Crippen LogP contribution in [0.1, 0.15) is 0 Å². The number of anilines is 2. The van der Waals surface area contributed by atoms with Crippen LogP contribution >= 0.6 is 46.4 Å². The average molecular weight is 449 g/mol. The van der Waals surface area contributed by atoms with Crippen molar-refractivity contribution in [1.82, 2.24) is 0 Å². The first-order valence-corrected chi connectivity index (χ1v) is 8.91. The van der Waals surface area contributed by atoms with Crippen molar-refractivity contribution in [2.45, 2.75) is 0 Å². The van der Waals surface area contributed by atoms with Crippen LogP contribution in [0.3, 0.4) is 0 Å². The standard InChI is InChI=1S/C17H13Cl4N3O3/c1-27-22-8-11(16(25)23-14-4-2-9(18)6-12(14)20)17(26)24-15-5-3-10(19)7-13(15)21/h2-8,11H,1H3,(H,23,25)(H,24,26). The van der Waals surface area contributed by atoms with Crippen LogP contribution in [0.15, 0.2) is 41.6 Å². The summed E-state index contributed by atoms with van der Waals surface area (Å²) < 4.78 is 0. The molecule has 2 amide bonds. The third kappa shape index (κ3) is 6.01. The molecule has 0 spiro atoms. The molecule has 0 aliphatic carbocycles. The number of carbonyl (C=O) groups excluding carboxylic acids is 2. The second kappa shape index (κ2) is 9.80. The molecule has 27 heavy (non-hydrogen) atoms. The first-order valence-electron chi connectivity index (χ1n) is 7.40. The highest BCUT2D eigenvalue weighted by Crippen LogP contribution is 2.27. The van der Waals surface area contributed by atoms with Gasteiger partial charge in [-0.15, -0.1) is 0 Å². The Bertz CT molecular complexity index is 824. The van der Waals surface area contributed by atoms with E-state index in [-0.39, 0.29) is 10.0 Å². The molecule has 2 aromatic rings. The number of nitrogens with zero attached hydrogens (tertiary/aromatic N) is 1. The summed E-state index contributed by atoms with van der Waals surface area (Å²) in [7, 11) is 1.29. The van der Waals surface area contributed by atoms with Crippen molar-refractivity contribution in [1.29, 1.82) is 0 Å². The number of benzene rings is 2. The summed E-state index contributed by atoms with van der Waals surface area (Å²) >= 11 is 23.7. The van der Waals surface area contributed by atoms with Crippen LogP contribution in [0.5, 0.6) is 0 Å². The quantitative estimate of drug-likeness (QED) is 0.365. The lowest BCUT2D eigenvalue weighted by Crippen LogP contribution is -2.35. The maximum Gasteiger partial charge on any atom is 0.242 e. The van der Waals surface area contributed by atoms with Crippen LogP contribution in [0.25, 0.3) is 0 Å². The summed E-state index contributed by atoms with van der Waals surface area (Å²) in [5.74, 6) is -2.67. The number of hydrogen-bond donors (Lipinski definition) is 2. The zero-order chi connectivity index (χ0) is 20.0. The molecule has 0 aromatic heterocycles. The van der Waals surface area contributed by atoms with Gasteiger partial charge in [-0.25, -0.2) is 0 Å². The molecule has 142 valence electrons. The number of halogens is 4. The van der Waals surface area contributed by atoms with Gasteiger partial charge in [0.2, 0.25) is 11.8 Å². The number of carbonyl (C=O) groups is 2. The van der Waals surface area contributed by atoms with Gasteiger partial charge in [0.15, 0.2) is 5.92 Å². The Balaban J connectivity index is 2.21. The molecule has 10 heteroatoms. The van der Waals surface area contributed by atoms with E-state index in [1.165, 1.54) is 31.4 Å². The zero-order valence-electron chi connectivity index (χ0n) is 13.8. The van der Waals surface area contributed by atoms with Gasteiger partial charge >= 0.3 is 0 Å². The molecular formula is C17H13Cl4N3O3. The predicted octanol–water partition coefficient (Wildman–Crippen LogP) is 5.13. The van der Waals surface area contributed by atoms with Gasteiger partial charge < -0.3 is 15.5 Å². The van der Waals surface area contributed by atoms with E-state index in [1.807, 2.05) is 0 Å². The van der Waals surface area contributed by atoms with E-state index in [9.17, 15) is 9.59 Å². The van der Waals surface area contributed by atoms with Gasteiger partial charge in [-0.05, 0) is 36.4 Å². The van der Waals surface area contributed by atoms with Crippen molar-refractivity contribution in [2.75, 3.05) is 17.7 Å². The van der Waals surface area contributed by atoms with Crippen molar-refractivity contribution in [3.63, 3.8) is 0 Å². The molecule has 2 aromatic carbocycles. The second-order valence-electron chi connectivity index (χ2n) is 5.14. The topological polar surface area (TPSA) is 79.8 Å². The molecule has 0 bridgehead atoms. The van der Waals surface area contributed by atoms with Crippen molar-refractivity contribution >= 4 is 75.8 Å². The van der Waals surface area contributed by atoms with Gasteiger partial charge in [0.25, 0.3) is 0 Å². The summed E-state index contributed by atoms with van der Waals surface area (Å²) in [6.07, 6.45) is 1.05. The molecule has 0 radical (unpaired) electrons. The van der Waals surface area contributed by atoms with Gasteiger partial charge in [0.1, 0.15) is 7.11 Å². The summed E-state index contributed by atoms with van der Waals surface area (Å²) in [4.78, 5) is 29.7. The molecule has 2 N–H and O–H groups in total. The SMILES string of the molecule is CON=CC(C(=O)Nc1ccc(Cl)cc1Cl)C(=O)Nc1ccc(Cl)cc1Cl. The average Bonchev–Trinajstić information content (AvgIpc) is 2.60. The fourth-order valence-corrected chi connectivity index (χ4v) is 2.89. The monoisotopic (exact) mass is 447 g/mol. The highest BCUT2D eigenvalue weighted by molar-refractivity contribution is 6.38. The highest BCUT2D eigenvalue weighted by Gasteiger charge is 2.26. The van der Waals surface area contributed by atoms with E-state index in [2.05, 4.69) is 20.6 Å². The number of amides is 2. The number of hydrogen-bond acceptors (Lipinski definition) is 4. The van der Waals surface area contributed by atoms with Gasteiger partial charge in [-0.1, -0.05) is 51.6 Å². The number of nitrogens with one attached hydrogen (secondary N) is 2. The van der Waals surface area contributed by atoms with Crippen molar-refractivity contribution in [3.8, 4) is 0 Å². The first kappa shape index (κ1) is 21.3. The molecule has 2 rings (SSSR count). The summed E-state index contributed by atoms with van der Waals surface area (Å²) in [6, 6.07) is 9.06. The lowest BCUT2D eigenvalue weighted by molar-refractivity contribution is -0.126. The van der Waals surface area contributed by atoms with E-state index in [1.54, 1.807) is 12.1 Å². The largest absolute Gasteiger partial charge is 0.399 e. The van der Waals surface area contributed by atoms with E-state index in [4.69, 9.17) is 46.4 Å². The van der Waals surface area contributed by atoms with Crippen LogP contribution in [0.2, 0.25) is 20.1 Å². The van der Waals surface area contributed by atoms with Gasteiger partial charge in [-0.3, -0.25) is 9.59 Å². The Kier molecular flexibility index (Phi) is 7.74. The van der Waals surface area contributed by atoms with Crippen LogP contribution in [-0.4, -0.2) is 25.1 Å². The predicted molar refractivity (Wildman–Crippen MR) is 109 cm³/mol. The summed E-state index contributed by atoms with van der Waals surface area (Å²) in [6.45, 7) is 0. The minimum atomic E-state index is -1.32. The van der Waals surface area contributed by atoms with Crippen LogP contribution in [0.4, 0.5) is 11.4 Å². The highest BCUT2D eigenvalue weighted by atomic mass is 35.5. The van der Waals surface area contributed by atoms with E-state index >= 15 is 0 Å². The molecule has 0 heterocycles. The Labute approximate surface area is 175 Å². The fourth-order valence-electron chi connectivity index (χ4n) is 1.98. The Morgan fingerprint density at radius 3 is 1.74 bits per heavy atom. The first-order chi connectivity index (χ1) is 12.8. The Morgan fingerprint density at radius 2 is 1.37 bits per heavy atom. The zero-order valence-corrected chi connectivity index (χ0v) is 16.8. The molecule has 0 aliphatic heterocycles. The molecule has 0 aliphatic rings. The molecule has 0 saturated heterocycles. The van der Waals surface area contributed by atoms with E-state index < -0.39 is 17.7 Å². The van der Waals surface area contributed by atoms with Crippen LogP contribution in [0, 0.1) is 5.92 Å². The van der Waals surface area contributed by atoms with Crippen LogP contribution < -0.4 is 10.6 Å².